The van der Waals surface area contributed by atoms with Crippen LogP contribution in [0.1, 0.15) is 0 Å². The fraction of sp³-hybridized carbons (Fsp3) is 0.133. The zero-order valence-electron chi connectivity index (χ0n) is 11.9. The summed E-state index contributed by atoms with van der Waals surface area (Å²) >= 11 is 2.82. The lowest BCUT2D eigenvalue weighted by Crippen LogP contribution is -2.14. The van der Waals surface area contributed by atoms with Gasteiger partial charge in [-0.2, -0.15) is 0 Å². The summed E-state index contributed by atoms with van der Waals surface area (Å²) in [6.45, 7) is 0. The predicted octanol–water partition coefficient (Wildman–Crippen LogP) is 3.46. The van der Waals surface area contributed by atoms with E-state index in [0.29, 0.717) is 5.75 Å². The van der Waals surface area contributed by atoms with E-state index in [-0.39, 0.29) is 5.91 Å². The minimum atomic E-state index is -0.0532. The molecule has 2 N–H and O–H groups in total. The highest BCUT2D eigenvalue weighted by atomic mass is 32.2. The van der Waals surface area contributed by atoms with Gasteiger partial charge in [-0.15, -0.1) is 10.2 Å². The summed E-state index contributed by atoms with van der Waals surface area (Å²) in [5.74, 6) is 0.254. The Labute approximate surface area is 136 Å². The molecule has 0 atom stereocenters. The summed E-state index contributed by atoms with van der Waals surface area (Å²) in [6.07, 6.45) is 0. The summed E-state index contributed by atoms with van der Waals surface area (Å²) in [5.41, 5.74) is 0.830. The second kappa shape index (κ2) is 6.76. The monoisotopic (exact) mass is 330 g/mol. The Hall–Kier alpha value is -2.12. The van der Waals surface area contributed by atoms with E-state index in [1.165, 1.54) is 23.1 Å². The smallest absolute Gasteiger partial charge is 0.234 e. The zero-order chi connectivity index (χ0) is 15.4. The van der Waals surface area contributed by atoms with Gasteiger partial charge in [-0.1, -0.05) is 59.5 Å². The van der Waals surface area contributed by atoms with E-state index in [1.54, 1.807) is 7.05 Å². The van der Waals surface area contributed by atoms with Crippen LogP contribution in [0.5, 0.6) is 0 Å². The maximum atomic E-state index is 12.1. The SMILES string of the molecule is CNc1nnc(SCC(=O)Nc2cccc3ccccc23)s1. The van der Waals surface area contributed by atoms with Gasteiger partial charge in [0, 0.05) is 18.1 Å². The number of thioether (sulfide) groups is 1. The number of nitrogens with zero attached hydrogens (tertiary/aromatic N) is 2. The van der Waals surface area contributed by atoms with Crippen molar-refractivity contribution in [1.29, 1.82) is 0 Å². The highest BCUT2D eigenvalue weighted by molar-refractivity contribution is 8.01. The van der Waals surface area contributed by atoms with E-state index >= 15 is 0 Å². The number of carbonyl (C=O) groups excluding carboxylic acids is 1. The predicted molar refractivity (Wildman–Crippen MR) is 92.8 cm³/mol. The molecule has 0 aliphatic heterocycles. The summed E-state index contributed by atoms with van der Waals surface area (Å²) in [5, 5.41) is 16.7. The minimum Gasteiger partial charge on any atom is -0.363 e. The maximum Gasteiger partial charge on any atom is 0.234 e. The zero-order valence-corrected chi connectivity index (χ0v) is 13.5. The van der Waals surface area contributed by atoms with Crippen LogP contribution in [0.15, 0.2) is 46.8 Å². The van der Waals surface area contributed by atoms with Crippen LogP contribution in [-0.4, -0.2) is 28.9 Å². The van der Waals surface area contributed by atoms with Crippen LogP contribution in [0.25, 0.3) is 10.8 Å². The molecule has 22 heavy (non-hydrogen) atoms. The molecule has 3 rings (SSSR count). The van der Waals surface area contributed by atoms with E-state index in [0.717, 1.165) is 25.9 Å². The first kappa shape index (κ1) is 14.8. The highest BCUT2D eigenvalue weighted by Gasteiger charge is 2.09. The van der Waals surface area contributed by atoms with Gasteiger partial charge in [0.05, 0.1) is 5.75 Å². The van der Waals surface area contributed by atoms with Crippen LogP contribution in [0.3, 0.4) is 0 Å². The molecule has 112 valence electrons. The molecule has 3 aromatic rings. The van der Waals surface area contributed by atoms with Crippen LogP contribution in [-0.2, 0) is 4.79 Å². The number of hydrogen-bond acceptors (Lipinski definition) is 6. The van der Waals surface area contributed by atoms with Crippen molar-refractivity contribution in [3.05, 3.63) is 42.5 Å². The molecule has 5 nitrogen and oxygen atoms in total. The topological polar surface area (TPSA) is 66.9 Å². The molecule has 0 spiro atoms. The number of rotatable bonds is 5. The van der Waals surface area contributed by atoms with Gasteiger partial charge in [0.2, 0.25) is 11.0 Å². The standard InChI is InChI=1S/C15H14N4OS2/c1-16-14-18-19-15(22-14)21-9-13(20)17-12-8-4-6-10-5-2-3-7-11(10)12/h2-8H,9H2,1H3,(H,16,18)(H,17,20). The fourth-order valence-electron chi connectivity index (χ4n) is 2.02. The molecule has 1 heterocycles. The lowest BCUT2D eigenvalue weighted by atomic mass is 10.1. The van der Waals surface area contributed by atoms with Crippen molar-refractivity contribution < 1.29 is 4.79 Å². The van der Waals surface area contributed by atoms with E-state index in [4.69, 9.17) is 0 Å². The van der Waals surface area contributed by atoms with Crippen molar-refractivity contribution >= 4 is 50.6 Å². The number of anilines is 2. The van der Waals surface area contributed by atoms with E-state index in [2.05, 4.69) is 20.8 Å². The van der Waals surface area contributed by atoms with Gasteiger partial charge in [0.1, 0.15) is 0 Å². The quantitative estimate of drug-likeness (QED) is 0.701. The maximum absolute atomic E-state index is 12.1. The van der Waals surface area contributed by atoms with Gasteiger partial charge in [-0.25, -0.2) is 0 Å². The lowest BCUT2D eigenvalue weighted by molar-refractivity contribution is -0.113. The van der Waals surface area contributed by atoms with Crippen molar-refractivity contribution in [2.45, 2.75) is 4.34 Å². The Bertz CT molecular complexity index is 798. The number of aromatic nitrogens is 2. The number of hydrogen-bond donors (Lipinski definition) is 2. The first-order chi connectivity index (χ1) is 10.8. The molecule has 0 aliphatic carbocycles. The van der Waals surface area contributed by atoms with Gasteiger partial charge in [-0.05, 0) is 11.5 Å². The number of carbonyl (C=O) groups is 1. The number of fused-ring (bicyclic) bond motifs is 1. The van der Waals surface area contributed by atoms with Gasteiger partial charge in [0.25, 0.3) is 0 Å². The Kier molecular flexibility index (Phi) is 4.55. The van der Waals surface area contributed by atoms with Gasteiger partial charge in [0.15, 0.2) is 4.34 Å². The molecule has 0 saturated carbocycles. The second-order valence-electron chi connectivity index (χ2n) is 4.49. The molecule has 0 fully saturated rings. The largest absolute Gasteiger partial charge is 0.363 e. The molecule has 7 heteroatoms. The number of benzene rings is 2. The second-order valence-corrected chi connectivity index (χ2v) is 6.69. The van der Waals surface area contributed by atoms with Gasteiger partial charge >= 0.3 is 0 Å². The first-order valence-corrected chi connectivity index (χ1v) is 8.48. The molecular weight excluding hydrogens is 316 g/mol. The molecular formula is C15H14N4OS2. The number of amides is 1. The molecule has 0 radical (unpaired) electrons. The average molecular weight is 330 g/mol. The lowest BCUT2D eigenvalue weighted by Gasteiger charge is -2.08. The van der Waals surface area contributed by atoms with Crippen molar-refractivity contribution in [1.82, 2.24) is 10.2 Å². The van der Waals surface area contributed by atoms with E-state index in [9.17, 15) is 4.79 Å². The summed E-state index contributed by atoms with van der Waals surface area (Å²) in [7, 11) is 1.79. The summed E-state index contributed by atoms with van der Waals surface area (Å²) in [4.78, 5) is 12.1. The van der Waals surface area contributed by atoms with E-state index < -0.39 is 0 Å². The summed E-state index contributed by atoms with van der Waals surface area (Å²) in [6, 6.07) is 13.9. The van der Waals surface area contributed by atoms with Gasteiger partial charge in [-0.3, -0.25) is 4.79 Å². The third-order valence-electron chi connectivity index (χ3n) is 3.01. The molecule has 0 aliphatic rings. The molecule has 1 amide bonds. The molecule has 0 bridgehead atoms. The molecule has 2 aromatic carbocycles. The molecule has 0 unspecified atom stereocenters. The average Bonchev–Trinajstić information content (AvgIpc) is 3.01. The van der Waals surface area contributed by atoms with Crippen molar-refractivity contribution in [2.24, 2.45) is 0 Å². The Balaban J connectivity index is 1.65. The van der Waals surface area contributed by atoms with Crippen LogP contribution >= 0.6 is 23.1 Å². The minimum absolute atomic E-state index is 0.0532. The van der Waals surface area contributed by atoms with Crippen molar-refractivity contribution in [3.63, 3.8) is 0 Å². The Morgan fingerprint density at radius 1 is 1.18 bits per heavy atom. The van der Waals surface area contributed by atoms with Crippen molar-refractivity contribution in [2.75, 3.05) is 23.4 Å². The third kappa shape index (κ3) is 3.37. The normalized spacial score (nSPS) is 10.6. The first-order valence-electron chi connectivity index (χ1n) is 6.68. The fourth-order valence-corrected chi connectivity index (χ4v) is 3.52. The molecule has 1 aromatic heterocycles. The van der Waals surface area contributed by atoms with Crippen LogP contribution in [0, 0.1) is 0 Å². The summed E-state index contributed by atoms with van der Waals surface area (Å²) < 4.78 is 0.775. The van der Waals surface area contributed by atoms with Crippen LogP contribution in [0.2, 0.25) is 0 Å². The van der Waals surface area contributed by atoms with Crippen LogP contribution < -0.4 is 10.6 Å². The van der Waals surface area contributed by atoms with Crippen molar-refractivity contribution in [3.8, 4) is 0 Å². The molecule has 0 saturated heterocycles. The number of nitrogens with one attached hydrogen (secondary N) is 2. The Morgan fingerprint density at radius 3 is 2.82 bits per heavy atom. The third-order valence-corrected chi connectivity index (χ3v) is 5.08. The Morgan fingerprint density at radius 2 is 2.00 bits per heavy atom. The van der Waals surface area contributed by atoms with E-state index in [1.807, 2.05) is 42.5 Å². The van der Waals surface area contributed by atoms with Gasteiger partial charge < -0.3 is 10.6 Å². The highest BCUT2D eigenvalue weighted by Crippen LogP contribution is 2.26. The van der Waals surface area contributed by atoms with Crippen LogP contribution in [0.4, 0.5) is 10.8 Å².